The lowest BCUT2D eigenvalue weighted by atomic mass is 9.76. The first-order chi connectivity index (χ1) is 16.1. The summed E-state index contributed by atoms with van der Waals surface area (Å²) in [4.78, 5) is 11.2. The van der Waals surface area contributed by atoms with E-state index in [1.54, 1.807) is 14.2 Å². The highest BCUT2D eigenvalue weighted by molar-refractivity contribution is 5.47. The molecule has 1 amide bonds. The van der Waals surface area contributed by atoms with E-state index >= 15 is 0 Å². The zero-order chi connectivity index (χ0) is 23.7. The van der Waals surface area contributed by atoms with Crippen molar-refractivity contribution in [1.82, 2.24) is 5.32 Å². The van der Waals surface area contributed by atoms with Crippen molar-refractivity contribution < 1.29 is 23.7 Å². The number of carbonyl (C=O) groups excluding carboxylic acids is 1. The summed E-state index contributed by atoms with van der Waals surface area (Å²) in [7, 11) is 3.20. The molecule has 0 aromatic heterocycles. The van der Waals surface area contributed by atoms with Crippen LogP contribution >= 0.6 is 0 Å². The van der Waals surface area contributed by atoms with Crippen molar-refractivity contribution in [1.29, 1.82) is 5.26 Å². The summed E-state index contributed by atoms with van der Waals surface area (Å²) in [5.74, 6) is 2.71. The van der Waals surface area contributed by atoms with Gasteiger partial charge in [0, 0.05) is 6.04 Å². The van der Waals surface area contributed by atoms with Crippen molar-refractivity contribution in [2.75, 3.05) is 20.8 Å². The molecule has 0 spiro atoms. The predicted octanol–water partition coefficient (Wildman–Crippen LogP) is 4.29. The largest absolute Gasteiger partial charge is 0.493 e. The highest BCUT2D eigenvalue weighted by Gasteiger charge is 2.42. The Morgan fingerprint density at radius 1 is 1.21 bits per heavy atom. The van der Waals surface area contributed by atoms with Gasteiger partial charge < -0.3 is 24.3 Å². The fraction of sp³-hybridized carbons (Fsp3) is 0.462. The summed E-state index contributed by atoms with van der Waals surface area (Å²) in [5.41, 5.74) is 0.373. The number of nitriles is 1. The van der Waals surface area contributed by atoms with Crippen molar-refractivity contribution in [3.63, 3.8) is 0 Å². The third kappa shape index (κ3) is 5.70. The number of para-hydroxylation sites is 2. The fourth-order valence-corrected chi connectivity index (χ4v) is 4.36. The summed E-state index contributed by atoms with van der Waals surface area (Å²) in [6.07, 6.45) is 3.85. The molecule has 33 heavy (non-hydrogen) atoms. The highest BCUT2D eigenvalue weighted by Crippen LogP contribution is 2.40. The minimum Gasteiger partial charge on any atom is -0.493 e. The van der Waals surface area contributed by atoms with E-state index in [4.69, 9.17) is 18.9 Å². The Balaban J connectivity index is 1.64. The van der Waals surface area contributed by atoms with Crippen LogP contribution in [0.3, 0.4) is 0 Å². The van der Waals surface area contributed by atoms with E-state index in [9.17, 15) is 10.1 Å². The first-order valence-corrected chi connectivity index (χ1v) is 11.3. The van der Waals surface area contributed by atoms with Gasteiger partial charge in [-0.2, -0.15) is 5.26 Å². The molecule has 2 aromatic carbocycles. The van der Waals surface area contributed by atoms with Crippen LogP contribution < -0.4 is 24.3 Å². The third-order valence-electron chi connectivity index (χ3n) is 6.39. The van der Waals surface area contributed by atoms with Crippen molar-refractivity contribution in [2.45, 2.75) is 51.2 Å². The van der Waals surface area contributed by atoms with Crippen LogP contribution in [-0.4, -0.2) is 39.4 Å². The molecule has 1 aliphatic rings. The van der Waals surface area contributed by atoms with Gasteiger partial charge in [0.2, 0.25) is 6.41 Å². The lowest BCUT2D eigenvalue weighted by molar-refractivity contribution is -0.110. The molecule has 3 atom stereocenters. The second kappa shape index (κ2) is 11.5. The Morgan fingerprint density at radius 2 is 1.97 bits per heavy atom. The van der Waals surface area contributed by atoms with Gasteiger partial charge in [-0.15, -0.1) is 0 Å². The Morgan fingerprint density at radius 3 is 2.64 bits per heavy atom. The minimum absolute atomic E-state index is 0.0573. The smallest absolute Gasteiger partial charge is 0.207 e. The molecule has 0 aliphatic carbocycles. The van der Waals surface area contributed by atoms with Gasteiger partial charge in [-0.05, 0) is 61.9 Å². The Kier molecular flexibility index (Phi) is 8.42. The maximum atomic E-state index is 11.2. The van der Waals surface area contributed by atoms with Gasteiger partial charge in [-0.1, -0.05) is 25.1 Å². The molecule has 7 nitrogen and oxygen atoms in total. The van der Waals surface area contributed by atoms with Crippen LogP contribution in [0.15, 0.2) is 42.5 Å². The normalized spacial score (nSPS) is 17.2. The van der Waals surface area contributed by atoms with E-state index in [0.29, 0.717) is 48.9 Å². The number of amides is 1. The molecule has 1 N–H and O–H groups in total. The average molecular weight is 453 g/mol. The number of ether oxygens (including phenoxy) is 4. The number of nitrogens with one attached hydrogen (secondary N) is 1. The van der Waals surface area contributed by atoms with E-state index in [-0.39, 0.29) is 12.1 Å². The van der Waals surface area contributed by atoms with Crippen molar-refractivity contribution in [3.05, 3.63) is 48.0 Å². The minimum atomic E-state index is -0.664. The number of benzene rings is 2. The van der Waals surface area contributed by atoms with Crippen LogP contribution in [0.4, 0.5) is 0 Å². The molecule has 3 rings (SSSR count). The lowest BCUT2D eigenvalue weighted by Crippen LogP contribution is -2.44. The van der Waals surface area contributed by atoms with Crippen LogP contribution in [-0.2, 0) is 11.2 Å². The third-order valence-corrected chi connectivity index (χ3v) is 6.39. The molecule has 3 unspecified atom stereocenters. The summed E-state index contributed by atoms with van der Waals surface area (Å²) in [5, 5.41) is 13.0. The summed E-state index contributed by atoms with van der Waals surface area (Å²) >= 11 is 0. The number of fused-ring (bicyclic) bond motifs is 1. The first kappa shape index (κ1) is 24.2. The topological polar surface area (TPSA) is 89.8 Å². The van der Waals surface area contributed by atoms with Gasteiger partial charge in [-0.25, -0.2) is 0 Å². The van der Waals surface area contributed by atoms with E-state index in [2.05, 4.69) is 11.4 Å². The standard InChI is InChI=1S/C26H32N2O5/c1-4-26(17-27,25-16-32-22-9-5-6-10-23(22)33-25)13-7-8-20(28-18-29)14-19-11-12-21(30-2)24(15-19)31-3/h5-6,9-12,15,18,20,25H,4,7-8,13-14,16H2,1-3H3,(H,28,29). The number of carbonyl (C=O) groups is 1. The van der Waals surface area contributed by atoms with Gasteiger partial charge in [0.1, 0.15) is 6.61 Å². The Bertz CT molecular complexity index is 973. The highest BCUT2D eigenvalue weighted by atomic mass is 16.6. The molecule has 0 bridgehead atoms. The Hall–Kier alpha value is -3.40. The van der Waals surface area contributed by atoms with Crippen LogP contribution in [0.25, 0.3) is 0 Å². The van der Waals surface area contributed by atoms with Gasteiger partial charge in [0.05, 0.1) is 25.7 Å². The first-order valence-electron chi connectivity index (χ1n) is 11.3. The molecule has 2 aromatic rings. The van der Waals surface area contributed by atoms with Crippen LogP contribution in [0.5, 0.6) is 23.0 Å². The fourth-order valence-electron chi connectivity index (χ4n) is 4.36. The van der Waals surface area contributed by atoms with Gasteiger partial charge >= 0.3 is 0 Å². The molecule has 1 aliphatic heterocycles. The van der Waals surface area contributed by atoms with Crippen LogP contribution in [0.1, 0.15) is 38.2 Å². The van der Waals surface area contributed by atoms with Gasteiger partial charge in [0.15, 0.2) is 29.1 Å². The van der Waals surface area contributed by atoms with Gasteiger partial charge in [0.25, 0.3) is 0 Å². The molecular formula is C26H32N2O5. The maximum absolute atomic E-state index is 11.2. The summed E-state index contributed by atoms with van der Waals surface area (Å²) in [6.45, 7) is 2.36. The molecule has 176 valence electrons. The molecule has 7 heteroatoms. The van der Waals surface area contributed by atoms with Crippen molar-refractivity contribution >= 4 is 6.41 Å². The molecular weight excluding hydrogens is 420 g/mol. The average Bonchev–Trinajstić information content (AvgIpc) is 2.86. The Labute approximate surface area is 195 Å². The summed E-state index contributed by atoms with van der Waals surface area (Å²) in [6, 6.07) is 15.8. The van der Waals surface area contributed by atoms with E-state index in [1.807, 2.05) is 49.4 Å². The molecule has 0 saturated heterocycles. The lowest BCUT2D eigenvalue weighted by Gasteiger charge is -2.37. The molecule has 0 radical (unpaired) electrons. The number of methoxy groups -OCH3 is 2. The van der Waals surface area contributed by atoms with Crippen molar-refractivity contribution in [3.8, 4) is 29.1 Å². The maximum Gasteiger partial charge on any atom is 0.207 e. The van der Waals surface area contributed by atoms with E-state index in [0.717, 1.165) is 24.8 Å². The zero-order valence-corrected chi connectivity index (χ0v) is 19.5. The molecule has 1 heterocycles. The van der Waals surface area contributed by atoms with Crippen LogP contribution in [0, 0.1) is 16.7 Å². The summed E-state index contributed by atoms with van der Waals surface area (Å²) < 4.78 is 22.7. The predicted molar refractivity (Wildman–Crippen MR) is 125 cm³/mol. The van der Waals surface area contributed by atoms with Crippen molar-refractivity contribution in [2.24, 2.45) is 5.41 Å². The SMILES string of the molecule is CCC(C#N)(CCCC(Cc1ccc(OC)c(OC)c1)NC=O)C1COc2ccccc2O1. The number of rotatable bonds is 12. The monoisotopic (exact) mass is 452 g/mol. The molecule has 0 fully saturated rings. The molecule has 0 saturated carbocycles. The van der Waals surface area contributed by atoms with E-state index in [1.165, 1.54) is 0 Å². The number of hydrogen-bond donors (Lipinski definition) is 1. The number of hydrogen-bond acceptors (Lipinski definition) is 6. The second-order valence-corrected chi connectivity index (χ2v) is 8.25. The zero-order valence-electron chi connectivity index (χ0n) is 19.5. The van der Waals surface area contributed by atoms with Gasteiger partial charge in [-0.3, -0.25) is 4.79 Å². The van der Waals surface area contributed by atoms with E-state index < -0.39 is 5.41 Å². The van der Waals surface area contributed by atoms with Crippen LogP contribution in [0.2, 0.25) is 0 Å². The number of nitrogens with zero attached hydrogens (tertiary/aromatic N) is 1. The quantitative estimate of drug-likeness (QED) is 0.483. The second-order valence-electron chi connectivity index (χ2n) is 8.25.